The van der Waals surface area contributed by atoms with Gasteiger partial charge in [-0.25, -0.2) is 8.42 Å². The second-order valence-corrected chi connectivity index (χ2v) is 6.34. The molecule has 1 unspecified atom stereocenters. The van der Waals surface area contributed by atoms with Crippen LogP contribution in [0.2, 0.25) is 0 Å². The molecular formula is C9H14N4O4S. The molecule has 1 fully saturated rings. The van der Waals surface area contributed by atoms with Crippen molar-refractivity contribution in [1.82, 2.24) is 14.1 Å². The SMILES string of the molecule is Cn1cc(S(=O)(=O)N2CCC(N)(C(=O)O)C2)cn1. The number of hydrogen-bond acceptors (Lipinski definition) is 5. The standard InChI is InChI=1S/C9H14N4O4S/c1-12-5-7(4-11-12)18(16,17)13-3-2-9(10,6-13)8(14)15/h4-5H,2-3,6,10H2,1H3,(H,14,15). The number of aryl methyl sites for hydroxylation is 1. The third-order valence-electron chi connectivity index (χ3n) is 3.01. The molecular weight excluding hydrogens is 260 g/mol. The molecule has 0 radical (unpaired) electrons. The summed E-state index contributed by atoms with van der Waals surface area (Å²) in [6, 6.07) is 0. The number of sulfonamides is 1. The number of rotatable bonds is 3. The van der Waals surface area contributed by atoms with Crippen LogP contribution in [0.25, 0.3) is 0 Å². The monoisotopic (exact) mass is 274 g/mol. The van der Waals surface area contributed by atoms with Gasteiger partial charge in [0.05, 0.1) is 6.20 Å². The van der Waals surface area contributed by atoms with E-state index >= 15 is 0 Å². The summed E-state index contributed by atoms with van der Waals surface area (Å²) in [7, 11) is -2.11. The van der Waals surface area contributed by atoms with Gasteiger partial charge < -0.3 is 10.8 Å². The van der Waals surface area contributed by atoms with Crippen molar-refractivity contribution in [2.24, 2.45) is 12.8 Å². The highest BCUT2D eigenvalue weighted by molar-refractivity contribution is 7.89. The van der Waals surface area contributed by atoms with Crippen LogP contribution in [0.5, 0.6) is 0 Å². The van der Waals surface area contributed by atoms with Crippen LogP contribution in [0.3, 0.4) is 0 Å². The second-order valence-electron chi connectivity index (χ2n) is 4.40. The maximum atomic E-state index is 12.2. The number of hydrogen-bond donors (Lipinski definition) is 2. The van der Waals surface area contributed by atoms with Crippen LogP contribution in [-0.4, -0.2) is 52.2 Å². The summed E-state index contributed by atoms with van der Waals surface area (Å²) < 4.78 is 26.8. The molecule has 0 bridgehead atoms. The summed E-state index contributed by atoms with van der Waals surface area (Å²) >= 11 is 0. The van der Waals surface area contributed by atoms with Gasteiger partial charge >= 0.3 is 5.97 Å². The zero-order valence-electron chi connectivity index (χ0n) is 9.78. The maximum absolute atomic E-state index is 12.2. The highest BCUT2D eigenvalue weighted by Gasteiger charge is 2.45. The van der Waals surface area contributed by atoms with Crippen molar-refractivity contribution >= 4 is 16.0 Å². The fraction of sp³-hybridized carbons (Fsp3) is 0.556. The Balaban J connectivity index is 2.27. The summed E-state index contributed by atoms with van der Waals surface area (Å²) in [5.74, 6) is -1.19. The van der Waals surface area contributed by atoms with Crippen molar-refractivity contribution in [3.8, 4) is 0 Å². The Kier molecular flexibility index (Phi) is 2.92. The first-order valence-electron chi connectivity index (χ1n) is 5.27. The quantitative estimate of drug-likeness (QED) is 0.699. The minimum Gasteiger partial charge on any atom is -0.480 e. The molecule has 3 N–H and O–H groups in total. The van der Waals surface area contributed by atoms with E-state index in [0.717, 1.165) is 4.31 Å². The van der Waals surface area contributed by atoms with E-state index in [1.165, 1.54) is 17.1 Å². The van der Waals surface area contributed by atoms with E-state index in [-0.39, 0.29) is 24.4 Å². The van der Waals surface area contributed by atoms with Gasteiger partial charge in [0, 0.05) is 26.3 Å². The highest BCUT2D eigenvalue weighted by Crippen LogP contribution is 2.25. The molecule has 0 aliphatic carbocycles. The van der Waals surface area contributed by atoms with Crippen LogP contribution in [0, 0.1) is 0 Å². The van der Waals surface area contributed by atoms with Crippen molar-refractivity contribution in [3.05, 3.63) is 12.4 Å². The molecule has 8 nitrogen and oxygen atoms in total. The lowest BCUT2D eigenvalue weighted by atomic mass is 10.0. The molecule has 0 spiro atoms. The van der Waals surface area contributed by atoms with E-state index < -0.39 is 21.5 Å². The molecule has 0 aromatic carbocycles. The molecule has 2 rings (SSSR count). The van der Waals surface area contributed by atoms with Crippen LogP contribution in [0.15, 0.2) is 17.3 Å². The molecule has 1 aliphatic heterocycles. The first kappa shape index (κ1) is 13.0. The van der Waals surface area contributed by atoms with E-state index in [4.69, 9.17) is 10.8 Å². The van der Waals surface area contributed by atoms with Gasteiger partial charge in [0.1, 0.15) is 10.4 Å². The van der Waals surface area contributed by atoms with Gasteiger partial charge in [0.25, 0.3) is 0 Å². The fourth-order valence-corrected chi connectivity index (χ4v) is 3.35. The minimum absolute atomic E-state index is 0.0413. The summed E-state index contributed by atoms with van der Waals surface area (Å²) in [5.41, 5.74) is 4.14. The molecule has 9 heteroatoms. The van der Waals surface area contributed by atoms with Crippen molar-refractivity contribution in [1.29, 1.82) is 0 Å². The first-order valence-corrected chi connectivity index (χ1v) is 6.71. The molecule has 0 amide bonds. The van der Waals surface area contributed by atoms with Crippen molar-refractivity contribution in [2.45, 2.75) is 16.9 Å². The number of carbonyl (C=O) groups is 1. The highest BCUT2D eigenvalue weighted by atomic mass is 32.2. The first-order chi connectivity index (χ1) is 8.25. The van der Waals surface area contributed by atoms with Crippen molar-refractivity contribution in [3.63, 3.8) is 0 Å². The zero-order valence-corrected chi connectivity index (χ0v) is 10.6. The summed E-state index contributed by atoms with van der Waals surface area (Å²) in [5, 5.41) is 12.8. The van der Waals surface area contributed by atoms with Crippen LogP contribution >= 0.6 is 0 Å². The Morgan fingerprint density at radius 3 is 2.72 bits per heavy atom. The Morgan fingerprint density at radius 1 is 1.61 bits per heavy atom. The lowest BCUT2D eigenvalue weighted by molar-refractivity contribution is -0.142. The van der Waals surface area contributed by atoms with Crippen molar-refractivity contribution in [2.75, 3.05) is 13.1 Å². The van der Waals surface area contributed by atoms with Crippen LogP contribution in [-0.2, 0) is 21.9 Å². The molecule has 0 saturated carbocycles. The number of aliphatic carboxylic acids is 1. The summed E-state index contributed by atoms with van der Waals surface area (Å²) in [6.07, 6.45) is 2.70. The van der Waals surface area contributed by atoms with Crippen LogP contribution in [0.4, 0.5) is 0 Å². The normalized spacial score (nSPS) is 25.4. The van der Waals surface area contributed by atoms with Gasteiger partial charge in [-0.05, 0) is 6.42 Å². The second kappa shape index (κ2) is 4.04. The van der Waals surface area contributed by atoms with Gasteiger partial charge in [-0.3, -0.25) is 9.48 Å². The number of nitrogens with zero attached hydrogens (tertiary/aromatic N) is 3. The third kappa shape index (κ3) is 2.00. The van der Waals surface area contributed by atoms with E-state index in [1.807, 2.05) is 0 Å². The molecule has 1 atom stereocenters. The molecule has 100 valence electrons. The molecule has 2 heterocycles. The predicted octanol–water partition coefficient (Wildman–Crippen LogP) is -1.40. The van der Waals surface area contributed by atoms with Gasteiger partial charge in [-0.2, -0.15) is 9.40 Å². The number of carboxylic acid groups (broad SMARTS) is 1. The van der Waals surface area contributed by atoms with Crippen LogP contribution < -0.4 is 5.73 Å². The lowest BCUT2D eigenvalue weighted by Gasteiger charge is -2.19. The van der Waals surface area contributed by atoms with E-state index in [2.05, 4.69) is 5.10 Å². The average Bonchev–Trinajstić information content (AvgIpc) is 2.86. The minimum atomic E-state index is -3.72. The maximum Gasteiger partial charge on any atom is 0.325 e. The Hall–Kier alpha value is -1.45. The number of nitrogens with two attached hydrogens (primary N) is 1. The van der Waals surface area contributed by atoms with Crippen molar-refractivity contribution < 1.29 is 18.3 Å². The van der Waals surface area contributed by atoms with Crippen LogP contribution in [0.1, 0.15) is 6.42 Å². The predicted molar refractivity (Wildman–Crippen MR) is 61.1 cm³/mol. The Morgan fingerprint density at radius 2 is 2.28 bits per heavy atom. The van der Waals surface area contributed by atoms with Gasteiger partial charge in [0.2, 0.25) is 10.0 Å². The van der Waals surface area contributed by atoms with Gasteiger partial charge in [-0.15, -0.1) is 0 Å². The van der Waals surface area contributed by atoms with Gasteiger partial charge in [0.15, 0.2) is 0 Å². The number of aromatic nitrogens is 2. The molecule has 1 aromatic rings. The Labute approximate surface area is 104 Å². The smallest absolute Gasteiger partial charge is 0.325 e. The largest absolute Gasteiger partial charge is 0.480 e. The third-order valence-corrected chi connectivity index (χ3v) is 4.81. The summed E-state index contributed by atoms with van der Waals surface area (Å²) in [6.45, 7) is -0.125. The molecule has 1 aromatic heterocycles. The average molecular weight is 274 g/mol. The Bertz CT molecular complexity index is 581. The molecule has 1 aliphatic rings. The topological polar surface area (TPSA) is 119 Å². The number of carboxylic acids is 1. The van der Waals surface area contributed by atoms with E-state index in [1.54, 1.807) is 7.05 Å². The zero-order chi connectivity index (χ0) is 13.6. The molecule has 1 saturated heterocycles. The summed E-state index contributed by atoms with van der Waals surface area (Å²) in [4.78, 5) is 11.0. The molecule has 18 heavy (non-hydrogen) atoms. The lowest BCUT2D eigenvalue weighted by Crippen LogP contribution is -2.50. The van der Waals surface area contributed by atoms with E-state index in [0.29, 0.717) is 0 Å². The fourth-order valence-electron chi connectivity index (χ4n) is 1.86. The van der Waals surface area contributed by atoms with Gasteiger partial charge in [-0.1, -0.05) is 0 Å². The van der Waals surface area contributed by atoms with E-state index in [9.17, 15) is 13.2 Å².